The zero-order chi connectivity index (χ0) is 21.5. The summed E-state index contributed by atoms with van der Waals surface area (Å²) >= 11 is 0. The number of hydrogen-bond donors (Lipinski definition) is 3. The first-order valence-corrected chi connectivity index (χ1v) is 9.95. The lowest BCUT2D eigenvalue weighted by Crippen LogP contribution is -2.41. The van der Waals surface area contributed by atoms with Crippen molar-refractivity contribution in [2.75, 3.05) is 11.9 Å². The Morgan fingerprint density at radius 3 is 2.03 bits per heavy atom. The number of rotatable bonds is 4. The van der Waals surface area contributed by atoms with Crippen molar-refractivity contribution in [3.05, 3.63) is 66.2 Å². The number of benzene rings is 4. The molecule has 0 atom stereocenters. The summed E-state index contributed by atoms with van der Waals surface area (Å²) in [6.45, 7) is 6.10. The molecule has 0 radical (unpaired) electrons. The second kappa shape index (κ2) is 7.43. The van der Waals surface area contributed by atoms with Gasteiger partial charge < -0.3 is 16.4 Å². The van der Waals surface area contributed by atoms with E-state index in [2.05, 4.69) is 41.0 Å². The number of nitrogens with two attached hydrogens (primary N) is 1. The van der Waals surface area contributed by atoms with E-state index in [4.69, 9.17) is 5.73 Å². The predicted octanol–water partition coefficient (Wildman–Crippen LogP) is 4.57. The summed E-state index contributed by atoms with van der Waals surface area (Å²) in [5.74, 6) is -0.798. The Morgan fingerprint density at radius 2 is 1.43 bits per heavy atom. The normalized spacial score (nSPS) is 11.8. The molecule has 2 amide bonds. The first-order chi connectivity index (χ1) is 14.2. The highest BCUT2D eigenvalue weighted by Crippen LogP contribution is 2.33. The molecule has 5 nitrogen and oxygen atoms in total. The molecule has 0 unspecified atom stereocenters. The fourth-order valence-electron chi connectivity index (χ4n) is 3.63. The third-order valence-corrected chi connectivity index (χ3v) is 5.15. The molecule has 0 aliphatic carbocycles. The Balaban J connectivity index is 1.85. The number of primary amides is 1. The maximum atomic E-state index is 12.6. The summed E-state index contributed by atoms with van der Waals surface area (Å²) in [5.41, 5.74) is 6.16. The van der Waals surface area contributed by atoms with Gasteiger partial charge >= 0.3 is 0 Å². The molecule has 0 bridgehead atoms. The van der Waals surface area contributed by atoms with Crippen LogP contribution >= 0.6 is 0 Å². The van der Waals surface area contributed by atoms with E-state index < -0.39 is 5.91 Å². The van der Waals surface area contributed by atoms with Crippen molar-refractivity contribution in [2.24, 2.45) is 5.73 Å². The van der Waals surface area contributed by atoms with Crippen molar-refractivity contribution in [3.63, 3.8) is 0 Å². The van der Waals surface area contributed by atoms with Crippen molar-refractivity contribution in [2.45, 2.75) is 26.3 Å². The maximum Gasteiger partial charge on any atom is 0.250 e. The highest BCUT2D eigenvalue weighted by atomic mass is 16.2. The number of anilines is 1. The Hall–Kier alpha value is -3.44. The van der Waals surface area contributed by atoms with Crippen LogP contribution in [0.5, 0.6) is 0 Å². The van der Waals surface area contributed by atoms with Crippen LogP contribution < -0.4 is 16.4 Å². The lowest BCUT2D eigenvalue weighted by Gasteiger charge is -2.20. The first kappa shape index (κ1) is 19.9. The molecule has 0 saturated heterocycles. The molecule has 0 saturated carbocycles. The monoisotopic (exact) mass is 399 g/mol. The molecule has 4 rings (SSSR count). The van der Waals surface area contributed by atoms with Gasteiger partial charge in [0.25, 0.3) is 5.91 Å². The van der Waals surface area contributed by atoms with Gasteiger partial charge in [0.15, 0.2) is 0 Å². The molecule has 0 fully saturated rings. The summed E-state index contributed by atoms with van der Waals surface area (Å²) in [6, 6.07) is 20.1. The van der Waals surface area contributed by atoms with E-state index in [1.807, 2.05) is 45.0 Å². The van der Waals surface area contributed by atoms with Gasteiger partial charge in [-0.25, -0.2) is 0 Å². The van der Waals surface area contributed by atoms with Crippen molar-refractivity contribution in [3.8, 4) is 0 Å². The van der Waals surface area contributed by atoms with Crippen LogP contribution in [0.25, 0.3) is 32.3 Å². The minimum atomic E-state index is -0.574. The number of nitrogens with one attached hydrogen (secondary N) is 2. The highest BCUT2D eigenvalue weighted by molar-refractivity contribution is 6.15. The summed E-state index contributed by atoms with van der Waals surface area (Å²) in [7, 11) is 0. The average Bonchev–Trinajstić information content (AvgIpc) is 2.69. The van der Waals surface area contributed by atoms with E-state index in [1.165, 1.54) is 5.39 Å². The van der Waals surface area contributed by atoms with Gasteiger partial charge in [-0.3, -0.25) is 9.59 Å². The summed E-state index contributed by atoms with van der Waals surface area (Å²) in [5, 5.41) is 12.2. The number of carbonyl (C=O) groups excluding carboxylic acids is 2. The van der Waals surface area contributed by atoms with Gasteiger partial charge in [-0.05, 0) is 78.0 Å². The molecular weight excluding hydrogens is 374 g/mol. The highest BCUT2D eigenvalue weighted by Gasteiger charge is 2.17. The van der Waals surface area contributed by atoms with Gasteiger partial charge in [0, 0.05) is 10.9 Å². The molecule has 0 aliphatic rings. The molecule has 4 aromatic rings. The Bertz CT molecular complexity index is 1300. The second-order valence-corrected chi connectivity index (χ2v) is 8.62. The van der Waals surface area contributed by atoms with Crippen LogP contribution in [0.3, 0.4) is 0 Å². The smallest absolute Gasteiger partial charge is 0.250 e. The maximum absolute atomic E-state index is 12.6. The van der Waals surface area contributed by atoms with Crippen molar-refractivity contribution in [1.29, 1.82) is 0 Å². The van der Waals surface area contributed by atoms with Gasteiger partial charge in [-0.2, -0.15) is 0 Å². The predicted molar refractivity (Wildman–Crippen MR) is 124 cm³/mol. The van der Waals surface area contributed by atoms with Gasteiger partial charge in [0.2, 0.25) is 5.91 Å². The minimum absolute atomic E-state index is 0.135. The minimum Gasteiger partial charge on any atom is -0.366 e. The molecule has 5 heteroatoms. The molecular formula is C25H25N3O2. The summed E-state index contributed by atoms with van der Waals surface area (Å²) in [4.78, 5) is 24.6. The van der Waals surface area contributed by atoms with E-state index in [1.54, 1.807) is 6.07 Å². The number of amides is 2. The van der Waals surface area contributed by atoms with E-state index in [0.29, 0.717) is 11.3 Å². The molecule has 0 heterocycles. The van der Waals surface area contributed by atoms with Crippen molar-refractivity contribution in [1.82, 2.24) is 5.32 Å². The van der Waals surface area contributed by atoms with Crippen LogP contribution in [0.4, 0.5) is 5.69 Å². The van der Waals surface area contributed by atoms with Gasteiger partial charge in [0.05, 0.1) is 17.8 Å². The van der Waals surface area contributed by atoms with Crippen LogP contribution in [-0.2, 0) is 4.79 Å². The van der Waals surface area contributed by atoms with Gasteiger partial charge in [-0.15, -0.1) is 0 Å². The largest absolute Gasteiger partial charge is 0.366 e. The molecule has 30 heavy (non-hydrogen) atoms. The van der Waals surface area contributed by atoms with Crippen molar-refractivity contribution >= 4 is 49.8 Å². The molecule has 4 aromatic carbocycles. The molecule has 0 aromatic heterocycles. The third-order valence-electron chi connectivity index (χ3n) is 5.15. The third kappa shape index (κ3) is 3.98. The lowest BCUT2D eigenvalue weighted by molar-refractivity contribution is -0.115. The first-order valence-electron chi connectivity index (χ1n) is 9.95. The number of carbonyl (C=O) groups is 2. The van der Waals surface area contributed by atoms with Crippen LogP contribution in [0.1, 0.15) is 31.1 Å². The molecule has 0 spiro atoms. The SMILES string of the molecule is CC(C)(C)NCC(=O)Nc1c(C(N)=O)ccc2cc3cc4ccccc4cc3cc12. The van der Waals surface area contributed by atoms with E-state index >= 15 is 0 Å². The van der Waals surface area contributed by atoms with E-state index in [0.717, 1.165) is 26.9 Å². The van der Waals surface area contributed by atoms with Crippen LogP contribution in [0.15, 0.2) is 60.7 Å². The topological polar surface area (TPSA) is 84.2 Å². The molecule has 4 N–H and O–H groups in total. The van der Waals surface area contributed by atoms with Gasteiger partial charge in [-0.1, -0.05) is 30.3 Å². The van der Waals surface area contributed by atoms with Crippen molar-refractivity contribution < 1.29 is 9.59 Å². The zero-order valence-electron chi connectivity index (χ0n) is 17.4. The Kier molecular flexibility index (Phi) is 4.92. The second-order valence-electron chi connectivity index (χ2n) is 8.62. The lowest BCUT2D eigenvalue weighted by atomic mass is 9.97. The van der Waals surface area contributed by atoms with Crippen LogP contribution in [0.2, 0.25) is 0 Å². The summed E-state index contributed by atoms with van der Waals surface area (Å²) < 4.78 is 0. The van der Waals surface area contributed by atoms with E-state index in [-0.39, 0.29) is 18.0 Å². The Labute approximate surface area is 175 Å². The summed E-state index contributed by atoms with van der Waals surface area (Å²) in [6.07, 6.45) is 0. The van der Waals surface area contributed by atoms with Crippen LogP contribution in [0, 0.1) is 0 Å². The fourth-order valence-corrected chi connectivity index (χ4v) is 3.63. The Morgan fingerprint density at radius 1 is 0.833 bits per heavy atom. The zero-order valence-corrected chi connectivity index (χ0v) is 17.4. The average molecular weight is 399 g/mol. The fraction of sp³-hybridized carbons (Fsp3) is 0.200. The number of hydrogen-bond acceptors (Lipinski definition) is 3. The van der Waals surface area contributed by atoms with Gasteiger partial charge in [0.1, 0.15) is 0 Å². The molecule has 0 aliphatic heterocycles. The number of fused-ring (bicyclic) bond motifs is 3. The standard InChI is InChI=1S/C25H25N3O2/c1-25(2,3)27-14-22(29)28-23-20(24(26)30)9-8-17-12-18-10-15-6-4-5-7-16(15)11-19(18)13-21(17)23/h4-13,27H,14H2,1-3H3,(H2,26,30)(H,28,29). The molecule has 152 valence electrons. The van der Waals surface area contributed by atoms with E-state index in [9.17, 15) is 9.59 Å². The quantitative estimate of drug-likeness (QED) is 0.440. The van der Waals surface area contributed by atoms with Crippen LogP contribution in [-0.4, -0.2) is 23.9 Å².